The number of hydrogen-bond acceptors (Lipinski definition) is 2. The van der Waals surface area contributed by atoms with E-state index in [0.717, 1.165) is 5.56 Å². The molecule has 1 aromatic rings. The van der Waals surface area contributed by atoms with Crippen LogP contribution in [0.25, 0.3) is 0 Å². The van der Waals surface area contributed by atoms with Crippen LogP contribution >= 0.6 is 0 Å². The summed E-state index contributed by atoms with van der Waals surface area (Å²) in [4.78, 5) is 0. The van der Waals surface area contributed by atoms with E-state index in [-0.39, 0.29) is 7.18 Å². The van der Waals surface area contributed by atoms with Crippen LogP contribution in [0.5, 0.6) is 5.75 Å². The molecule has 5 heteroatoms. The number of benzene rings is 1. The van der Waals surface area contributed by atoms with Gasteiger partial charge in [-0.2, -0.15) is 0 Å². The van der Waals surface area contributed by atoms with E-state index in [1.165, 1.54) is 18.2 Å². The second kappa shape index (κ2) is 4.32. The third-order valence-corrected chi connectivity index (χ3v) is 1.51. The van der Waals surface area contributed by atoms with Gasteiger partial charge < -0.3 is 10.1 Å². The molecule has 0 aliphatic carbocycles. The van der Waals surface area contributed by atoms with Crippen LogP contribution in [-0.4, -0.2) is 13.4 Å². The lowest BCUT2D eigenvalue weighted by Gasteiger charge is -2.09. The topological polar surface area (TPSA) is 21.3 Å². The van der Waals surface area contributed by atoms with E-state index in [9.17, 15) is 13.2 Å². The molecule has 0 bridgehead atoms. The third-order valence-electron chi connectivity index (χ3n) is 1.51. The maximum absolute atomic E-state index is 11.8. The first-order valence-electron chi connectivity index (χ1n) is 4.00. The lowest BCUT2D eigenvalue weighted by Crippen LogP contribution is -2.17. The van der Waals surface area contributed by atoms with Crippen molar-refractivity contribution in [2.75, 3.05) is 7.05 Å². The SMILES string of the molecule is CNCc1cccc(OC(F)(F)F)c1.[HH]. The summed E-state index contributed by atoms with van der Waals surface area (Å²) in [7, 11) is 1.72. The lowest BCUT2D eigenvalue weighted by atomic mass is 10.2. The fourth-order valence-electron chi connectivity index (χ4n) is 1.06. The number of rotatable bonds is 3. The lowest BCUT2D eigenvalue weighted by molar-refractivity contribution is -0.274. The van der Waals surface area contributed by atoms with Gasteiger partial charge in [0.25, 0.3) is 0 Å². The highest BCUT2D eigenvalue weighted by Crippen LogP contribution is 2.23. The Morgan fingerprint density at radius 1 is 1.43 bits per heavy atom. The van der Waals surface area contributed by atoms with Crippen LogP contribution in [0.3, 0.4) is 0 Å². The monoisotopic (exact) mass is 207 g/mol. The van der Waals surface area contributed by atoms with Gasteiger partial charge in [-0.3, -0.25) is 0 Å². The summed E-state index contributed by atoms with van der Waals surface area (Å²) in [5.41, 5.74) is 0.745. The molecular weight excluding hydrogens is 195 g/mol. The fourth-order valence-corrected chi connectivity index (χ4v) is 1.06. The molecule has 0 aromatic heterocycles. The molecule has 0 aliphatic rings. The van der Waals surface area contributed by atoms with Crippen molar-refractivity contribution in [1.29, 1.82) is 0 Å². The quantitative estimate of drug-likeness (QED) is 0.822. The number of hydrogen-bond donors (Lipinski definition) is 1. The molecule has 1 aromatic carbocycles. The highest BCUT2D eigenvalue weighted by atomic mass is 19.4. The predicted molar refractivity (Wildman–Crippen MR) is 48.0 cm³/mol. The van der Waals surface area contributed by atoms with Gasteiger partial charge in [0.15, 0.2) is 0 Å². The minimum Gasteiger partial charge on any atom is -0.406 e. The normalized spacial score (nSPS) is 11.4. The van der Waals surface area contributed by atoms with Crippen LogP contribution in [0.2, 0.25) is 0 Å². The summed E-state index contributed by atoms with van der Waals surface area (Å²) in [5, 5.41) is 2.84. The molecule has 0 heterocycles. The Kier molecular flexibility index (Phi) is 3.35. The van der Waals surface area contributed by atoms with Crippen molar-refractivity contribution in [3.05, 3.63) is 29.8 Å². The van der Waals surface area contributed by atoms with Crippen LogP contribution in [-0.2, 0) is 6.54 Å². The van der Waals surface area contributed by atoms with Gasteiger partial charge in [-0.1, -0.05) is 12.1 Å². The zero-order valence-corrected chi connectivity index (χ0v) is 7.56. The first-order chi connectivity index (χ1) is 6.51. The average molecular weight is 207 g/mol. The molecule has 0 unspecified atom stereocenters. The van der Waals surface area contributed by atoms with Crippen LogP contribution in [0.15, 0.2) is 24.3 Å². The van der Waals surface area contributed by atoms with Crippen LogP contribution in [0.1, 0.15) is 6.99 Å². The molecule has 0 saturated carbocycles. The van der Waals surface area contributed by atoms with Gasteiger partial charge in [0.05, 0.1) is 0 Å². The van der Waals surface area contributed by atoms with Crippen LogP contribution in [0, 0.1) is 0 Å². The van der Waals surface area contributed by atoms with Gasteiger partial charge >= 0.3 is 6.36 Å². The molecule has 0 atom stereocenters. The van der Waals surface area contributed by atoms with Crippen molar-refractivity contribution in [1.82, 2.24) is 5.32 Å². The Hall–Kier alpha value is -1.23. The second-order valence-electron chi connectivity index (χ2n) is 2.73. The summed E-state index contributed by atoms with van der Waals surface area (Å²) < 4.78 is 39.2. The Labute approximate surface area is 81.2 Å². The minimum atomic E-state index is -4.63. The standard InChI is InChI=1S/C9H10F3NO.H2/c1-13-6-7-3-2-4-8(5-7)14-9(10,11)12;/h2-5,13H,6H2,1H3;1H. The van der Waals surface area contributed by atoms with E-state index in [1.807, 2.05) is 0 Å². The van der Waals surface area contributed by atoms with Crippen LogP contribution in [0.4, 0.5) is 13.2 Å². The molecule has 2 nitrogen and oxygen atoms in total. The second-order valence-corrected chi connectivity index (χ2v) is 2.73. The highest BCUT2D eigenvalue weighted by molar-refractivity contribution is 5.28. The van der Waals surface area contributed by atoms with Gasteiger partial charge in [0.1, 0.15) is 5.75 Å². The maximum Gasteiger partial charge on any atom is 0.573 e. The average Bonchev–Trinajstić information content (AvgIpc) is 2.02. The third kappa shape index (κ3) is 3.66. The Balaban J connectivity index is 0.00000196. The molecule has 0 saturated heterocycles. The summed E-state index contributed by atoms with van der Waals surface area (Å²) in [6.07, 6.45) is -4.63. The molecule has 1 rings (SSSR count). The van der Waals surface area contributed by atoms with Crippen molar-refractivity contribution in [2.24, 2.45) is 0 Å². The molecule has 1 N–H and O–H groups in total. The van der Waals surface area contributed by atoms with Gasteiger partial charge in [-0.15, -0.1) is 13.2 Å². The molecule has 14 heavy (non-hydrogen) atoms. The van der Waals surface area contributed by atoms with Crippen LogP contribution < -0.4 is 10.1 Å². The van der Waals surface area contributed by atoms with Crippen molar-refractivity contribution in [3.63, 3.8) is 0 Å². The largest absolute Gasteiger partial charge is 0.573 e. The Bertz CT molecular complexity index is 304. The Morgan fingerprint density at radius 2 is 2.14 bits per heavy atom. The van der Waals surface area contributed by atoms with E-state index in [1.54, 1.807) is 13.1 Å². The number of halogens is 3. The minimum absolute atomic E-state index is 0. The van der Waals surface area contributed by atoms with Gasteiger partial charge in [-0.05, 0) is 24.7 Å². The summed E-state index contributed by atoms with van der Waals surface area (Å²) in [5.74, 6) is -0.190. The van der Waals surface area contributed by atoms with E-state index in [2.05, 4.69) is 10.1 Å². The zero-order chi connectivity index (χ0) is 10.6. The zero-order valence-electron chi connectivity index (χ0n) is 7.56. The van der Waals surface area contributed by atoms with E-state index < -0.39 is 6.36 Å². The van der Waals surface area contributed by atoms with Gasteiger partial charge in [0.2, 0.25) is 0 Å². The first-order valence-corrected chi connectivity index (χ1v) is 4.00. The van der Waals surface area contributed by atoms with Gasteiger partial charge in [0, 0.05) is 7.97 Å². The maximum atomic E-state index is 11.8. The van der Waals surface area contributed by atoms with Gasteiger partial charge in [-0.25, -0.2) is 0 Å². The fraction of sp³-hybridized carbons (Fsp3) is 0.333. The molecule has 0 amide bonds. The molecule has 0 radical (unpaired) electrons. The predicted octanol–water partition coefficient (Wildman–Crippen LogP) is 2.55. The molecule has 80 valence electrons. The summed E-state index contributed by atoms with van der Waals surface area (Å²) >= 11 is 0. The number of ether oxygens (including phenoxy) is 1. The molecule has 0 spiro atoms. The van der Waals surface area contributed by atoms with E-state index in [0.29, 0.717) is 6.54 Å². The van der Waals surface area contributed by atoms with Crippen molar-refractivity contribution >= 4 is 0 Å². The van der Waals surface area contributed by atoms with Crippen molar-refractivity contribution in [3.8, 4) is 5.75 Å². The number of nitrogens with one attached hydrogen (secondary N) is 1. The number of alkyl halides is 3. The smallest absolute Gasteiger partial charge is 0.406 e. The molecular formula is C9H12F3NO. The summed E-state index contributed by atoms with van der Waals surface area (Å²) in [6.45, 7) is 0.509. The van der Waals surface area contributed by atoms with Crippen molar-refractivity contribution < 1.29 is 19.3 Å². The molecule has 0 fully saturated rings. The molecule has 0 aliphatic heterocycles. The van der Waals surface area contributed by atoms with E-state index in [4.69, 9.17) is 0 Å². The highest BCUT2D eigenvalue weighted by Gasteiger charge is 2.30. The first kappa shape index (κ1) is 10.8. The van der Waals surface area contributed by atoms with E-state index >= 15 is 0 Å². The summed E-state index contributed by atoms with van der Waals surface area (Å²) in [6, 6.07) is 5.87. The Morgan fingerprint density at radius 3 is 2.71 bits per heavy atom. The van der Waals surface area contributed by atoms with Crippen molar-refractivity contribution in [2.45, 2.75) is 12.9 Å².